The Morgan fingerprint density at radius 1 is 1.41 bits per heavy atom. The number of hydrogen-bond acceptors (Lipinski definition) is 5. The summed E-state index contributed by atoms with van der Waals surface area (Å²) in [4.78, 5) is 20.3. The molecule has 2 atom stereocenters. The fourth-order valence-electron chi connectivity index (χ4n) is 2.90. The molecule has 22 heavy (non-hydrogen) atoms. The number of nitrogens with zero attached hydrogens (tertiary/aromatic N) is 2. The van der Waals surface area contributed by atoms with Crippen molar-refractivity contribution >= 4 is 11.7 Å². The van der Waals surface area contributed by atoms with Gasteiger partial charge in [-0.2, -0.15) is 0 Å². The average Bonchev–Trinajstić information content (AvgIpc) is 2.63. The molecule has 1 heterocycles. The molecule has 0 aliphatic heterocycles. The minimum absolute atomic E-state index is 0.161. The van der Waals surface area contributed by atoms with E-state index in [0.29, 0.717) is 17.3 Å². The van der Waals surface area contributed by atoms with Crippen LogP contribution in [-0.4, -0.2) is 33.1 Å². The first-order valence-electron chi connectivity index (χ1n) is 8.06. The van der Waals surface area contributed by atoms with Crippen LogP contribution >= 0.6 is 0 Å². The number of amides is 1. The lowest BCUT2D eigenvalue weighted by Gasteiger charge is -2.16. The van der Waals surface area contributed by atoms with Gasteiger partial charge in [-0.3, -0.25) is 4.79 Å². The molecule has 0 aromatic carbocycles. The maximum atomic E-state index is 11.5. The smallest absolute Gasteiger partial charge is 0.254 e. The van der Waals surface area contributed by atoms with Crippen molar-refractivity contribution in [3.8, 4) is 0 Å². The van der Waals surface area contributed by atoms with Crippen LogP contribution in [0.15, 0.2) is 6.20 Å². The second-order valence-electron chi connectivity index (χ2n) is 6.44. The molecule has 0 saturated heterocycles. The second kappa shape index (κ2) is 7.54. The number of primary amides is 1. The van der Waals surface area contributed by atoms with Gasteiger partial charge >= 0.3 is 0 Å². The summed E-state index contributed by atoms with van der Waals surface area (Å²) in [5.41, 5.74) is 5.70. The fourth-order valence-corrected chi connectivity index (χ4v) is 2.90. The van der Waals surface area contributed by atoms with E-state index in [1.807, 2.05) is 13.8 Å². The molecule has 1 aliphatic rings. The van der Waals surface area contributed by atoms with Gasteiger partial charge in [0.2, 0.25) is 0 Å². The van der Waals surface area contributed by atoms with Crippen molar-refractivity contribution in [2.75, 3.05) is 5.32 Å². The second-order valence-corrected chi connectivity index (χ2v) is 6.44. The van der Waals surface area contributed by atoms with E-state index in [1.54, 1.807) is 0 Å². The van der Waals surface area contributed by atoms with Gasteiger partial charge in [0.15, 0.2) is 0 Å². The fraction of sp³-hybridized carbons (Fsp3) is 0.688. The molecule has 1 aromatic heterocycles. The molecule has 0 spiro atoms. The number of hydrogen-bond donors (Lipinski definition) is 3. The van der Waals surface area contributed by atoms with Crippen molar-refractivity contribution in [2.24, 2.45) is 11.7 Å². The third-order valence-corrected chi connectivity index (χ3v) is 4.06. The first-order valence-corrected chi connectivity index (χ1v) is 8.06. The molecule has 1 fully saturated rings. The van der Waals surface area contributed by atoms with Crippen molar-refractivity contribution in [2.45, 2.75) is 64.5 Å². The van der Waals surface area contributed by atoms with E-state index in [-0.39, 0.29) is 12.1 Å². The van der Waals surface area contributed by atoms with Gasteiger partial charge in [0, 0.05) is 18.7 Å². The Morgan fingerprint density at radius 2 is 2.18 bits per heavy atom. The summed E-state index contributed by atoms with van der Waals surface area (Å²) >= 11 is 0. The molecular weight excluding hydrogens is 280 g/mol. The minimum Gasteiger partial charge on any atom is -0.393 e. The molecule has 122 valence electrons. The predicted molar refractivity (Wildman–Crippen MR) is 85.6 cm³/mol. The highest BCUT2D eigenvalue weighted by atomic mass is 16.3. The van der Waals surface area contributed by atoms with Gasteiger partial charge in [0.05, 0.1) is 11.7 Å². The van der Waals surface area contributed by atoms with Gasteiger partial charge in [0.1, 0.15) is 11.6 Å². The summed E-state index contributed by atoms with van der Waals surface area (Å²) in [6.07, 6.45) is 6.99. The first-order chi connectivity index (χ1) is 10.5. The van der Waals surface area contributed by atoms with E-state index in [2.05, 4.69) is 15.3 Å². The van der Waals surface area contributed by atoms with E-state index in [4.69, 9.17) is 5.73 Å². The normalized spacial score (nSPS) is 22.4. The summed E-state index contributed by atoms with van der Waals surface area (Å²) in [5.74, 6) is 1.21. The van der Waals surface area contributed by atoms with Gasteiger partial charge < -0.3 is 16.2 Å². The maximum Gasteiger partial charge on any atom is 0.254 e. The number of nitrogens with two attached hydrogens (primary N) is 1. The van der Waals surface area contributed by atoms with Gasteiger partial charge in [-0.15, -0.1) is 0 Å². The van der Waals surface area contributed by atoms with Gasteiger partial charge in [0.25, 0.3) is 5.91 Å². The Hall–Kier alpha value is -1.69. The van der Waals surface area contributed by atoms with Crippen molar-refractivity contribution in [3.05, 3.63) is 17.6 Å². The Labute approximate surface area is 131 Å². The van der Waals surface area contributed by atoms with Crippen LogP contribution in [0.1, 0.15) is 62.1 Å². The quantitative estimate of drug-likeness (QED) is 0.721. The van der Waals surface area contributed by atoms with Crippen LogP contribution in [-0.2, 0) is 6.42 Å². The third kappa shape index (κ3) is 4.66. The molecule has 4 N–H and O–H groups in total. The molecule has 1 amide bonds. The van der Waals surface area contributed by atoms with Crippen LogP contribution in [0, 0.1) is 5.92 Å². The lowest BCUT2D eigenvalue weighted by molar-refractivity contribution is 0.100. The van der Waals surface area contributed by atoms with Crippen LogP contribution in [0.3, 0.4) is 0 Å². The number of carbonyl (C=O) groups excluding carboxylic acids is 1. The van der Waals surface area contributed by atoms with Crippen LogP contribution in [0.2, 0.25) is 0 Å². The van der Waals surface area contributed by atoms with E-state index >= 15 is 0 Å². The molecule has 6 heteroatoms. The Kier molecular flexibility index (Phi) is 5.71. The highest BCUT2D eigenvalue weighted by Gasteiger charge is 2.20. The van der Waals surface area contributed by atoms with Crippen LogP contribution in [0.4, 0.5) is 5.82 Å². The van der Waals surface area contributed by atoms with E-state index < -0.39 is 5.91 Å². The summed E-state index contributed by atoms with van der Waals surface area (Å²) in [6.45, 7) is 3.97. The van der Waals surface area contributed by atoms with E-state index in [1.165, 1.54) is 6.20 Å². The topological polar surface area (TPSA) is 101 Å². The van der Waals surface area contributed by atoms with Crippen molar-refractivity contribution in [1.29, 1.82) is 0 Å². The lowest BCUT2D eigenvalue weighted by atomic mass is 9.96. The summed E-state index contributed by atoms with van der Waals surface area (Å²) in [7, 11) is 0. The van der Waals surface area contributed by atoms with Crippen molar-refractivity contribution in [1.82, 2.24) is 9.97 Å². The van der Waals surface area contributed by atoms with Crippen LogP contribution < -0.4 is 11.1 Å². The first kappa shape index (κ1) is 16.7. The van der Waals surface area contributed by atoms with E-state index in [9.17, 15) is 9.90 Å². The number of aliphatic hydroxyl groups excluding tert-OH is 1. The number of carbonyl (C=O) groups is 1. The number of anilines is 1. The lowest BCUT2D eigenvalue weighted by Crippen LogP contribution is -2.21. The molecule has 1 aromatic rings. The zero-order chi connectivity index (χ0) is 16.1. The molecule has 2 rings (SSSR count). The largest absolute Gasteiger partial charge is 0.393 e. The summed E-state index contributed by atoms with van der Waals surface area (Å²) < 4.78 is 0. The Bertz CT molecular complexity index is 519. The SMILES string of the molecule is CC(C)Nc1nc(C[C@@H]2CCC[C@H](O)CC2)ncc1C(N)=O. The number of nitrogens with one attached hydrogen (secondary N) is 1. The zero-order valence-electron chi connectivity index (χ0n) is 13.4. The average molecular weight is 306 g/mol. The van der Waals surface area contributed by atoms with Crippen molar-refractivity contribution < 1.29 is 9.90 Å². The molecule has 1 aliphatic carbocycles. The maximum absolute atomic E-state index is 11.5. The van der Waals surface area contributed by atoms with E-state index in [0.717, 1.165) is 44.3 Å². The minimum atomic E-state index is -0.521. The zero-order valence-corrected chi connectivity index (χ0v) is 13.4. The predicted octanol–water partition coefficient (Wildman–Crippen LogP) is 1.88. The molecule has 1 saturated carbocycles. The standard InChI is InChI=1S/C16H26N4O2/c1-10(2)19-16-13(15(17)22)9-18-14(20-16)8-11-4-3-5-12(21)7-6-11/h9-12,21H,3-8H2,1-2H3,(H2,17,22)(H,18,19,20)/t11-,12+/m1/s1. The summed E-state index contributed by atoms with van der Waals surface area (Å²) in [5, 5.41) is 12.9. The molecule has 0 radical (unpaired) electrons. The van der Waals surface area contributed by atoms with Crippen LogP contribution in [0.25, 0.3) is 0 Å². The van der Waals surface area contributed by atoms with Gasteiger partial charge in [-0.05, 0) is 45.4 Å². The molecule has 6 nitrogen and oxygen atoms in total. The molecule has 0 bridgehead atoms. The summed E-state index contributed by atoms with van der Waals surface area (Å²) in [6, 6.07) is 0.161. The van der Waals surface area contributed by atoms with Crippen molar-refractivity contribution in [3.63, 3.8) is 0 Å². The van der Waals surface area contributed by atoms with Crippen LogP contribution in [0.5, 0.6) is 0 Å². The molecule has 0 unspecified atom stereocenters. The number of aromatic nitrogens is 2. The van der Waals surface area contributed by atoms with Gasteiger partial charge in [-0.1, -0.05) is 6.42 Å². The highest BCUT2D eigenvalue weighted by Crippen LogP contribution is 2.26. The monoisotopic (exact) mass is 306 g/mol. The number of aliphatic hydroxyl groups is 1. The number of rotatable bonds is 5. The highest BCUT2D eigenvalue weighted by molar-refractivity contribution is 5.97. The third-order valence-electron chi connectivity index (χ3n) is 4.06. The van der Waals surface area contributed by atoms with Gasteiger partial charge in [-0.25, -0.2) is 9.97 Å². The Balaban J connectivity index is 2.12. The molecular formula is C16H26N4O2. The Morgan fingerprint density at radius 3 is 2.86 bits per heavy atom.